The van der Waals surface area contributed by atoms with Crippen molar-refractivity contribution in [1.29, 1.82) is 0 Å². The van der Waals surface area contributed by atoms with Crippen LogP contribution < -0.4 is 5.32 Å². The van der Waals surface area contributed by atoms with Crippen LogP contribution in [0.2, 0.25) is 0 Å². The first-order chi connectivity index (χ1) is 9.40. The Hall–Kier alpha value is -2.20. The number of rotatable bonds is 2. The first-order valence-electron chi connectivity index (χ1n) is 6.52. The molecule has 0 spiro atoms. The van der Waals surface area contributed by atoms with Crippen molar-refractivity contribution in [2.75, 3.05) is 0 Å². The number of hydrogen-bond acceptors (Lipinski definition) is 3. The zero-order chi connectivity index (χ0) is 14.8. The second-order valence-electron chi connectivity index (χ2n) is 5.80. The molecule has 0 aliphatic heterocycles. The van der Waals surface area contributed by atoms with E-state index in [0.29, 0.717) is 6.42 Å². The van der Waals surface area contributed by atoms with Gasteiger partial charge < -0.3 is 10.1 Å². The Bertz CT molecular complexity index is 559. The van der Waals surface area contributed by atoms with Gasteiger partial charge in [0.25, 0.3) is 0 Å². The number of carbonyl (C=O) groups is 1. The fraction of sp³-hybridized carbons (Fsp3) is 0.500. The maximum absolute atomic E-state index is 11.9. The number of nitrogens with zero attached hydrogens (tertiary/aromatic N) is 3. The van der Waals surface area contributed by atoms with Crippen LogP contribution in [0.25, 0.3) is 10.4 Å². The second kappa shape index (κ2) is 5.43. The highest BCUT2D eigenvalue weighted by Gasteiger charge is 2.33. The molecule has 1 N–H and O–H groups in total. The van der Waals surface area contributed by atoms with E-state index in [4.69, 9.17) is 10.3 Å². The van der Waals surface area contributed by atoms with E-state index in [0.717, 1.165) is 11.1 Å². The summed E-state index contributed by atoms with van der Waals surface area (Å²) >= 11 is 0. The molecule has 6 heteroatoms. The lowest BCUT2D eigenvalue weighted by Crippen LogP contribution is -2.37. The van der Waals surface area contributed by atoms with Crippen molar-refractivity contribution in [2.24, 2.45) is 5.11 Å². The maximum Gasteiger partial charge on any atom is 0.408 e. The van der Waals surface area contributed by atoms with Crippen molar-refractivity contribution >= 4 is 6.09 Å². The summed E-state index contributed by atoms with van der Waals surface area (Å²) < 4.78 is 5.26. The molecule has 1 aliphatic carbocycles. The number of benzene rings is 1. The van der Waals surface area contributed by atoms with Crippen molar-refractivity contribution in [1.82, 2.24) is 5.32 Å². The molecular formula is C14H18N4O2. The Kier molecular flexibility index (Phi) is 3.86. The van der Waals surface area contributed by atoms with Gasteiger partial charge in [-0.15, -0.1) is 0 Å². The van der Waals surface area contributed by atoms with Crippen LogP contribution in [-0.2, 0) is 11.2 Å². The number of alkyl carbamates (subject to hydrolysis) is 1. The van der Waals surface area contributed by atoms with E-state index in [1.807, 2.05) is 24.3 Å². The number of fused-ring (bicyclic) bond motifs is 1. The first kappa shape index (κ1) is 14.2. The van der Waals surface area contributed by atoms with E-state index < -0.39 is 11.7 Å². The van der Waals surface area contributed by atoms with Crippen molar-refractivity contribution in [3.05, 3.63) is 45.8 Å². The molecule has 0 bridgehead atoms. The quantitative estimate of drug-likeness (QED) is 0.508. The van der Waals surface area contributed by atoms with Gasteiger partial charge in [0.15, 0.2) is 0 Å². The number of ether oxygens (including phenoxy) is 1. The van der Waals surface area contributed by atoms with E-state index in [1.165, 1.54) is 0 Å². The van der Waals surface area contributed by atoms with Crippen LogP contribution in [0.1, 0.15) is 37.9 Å². The summed E-state index contributed by atoms with van der Waals surface area (Å²) in [7, 11) is 0. The molecule has 1 aromatic rings. The average molecular weight is 274 g/mol. The average Bonchev–Trinajstić information content (AvgIpc) is 2.66. The highest BCUT2D eigenvalue weighted by Crippen LogP contribution is 2.33. The zero-order valence-corrected chi connectivity index (χ0v) is 11.8. The van der Waals surface area contributed by atoms with E-state index in [2.05, 4.69) is 15.3 Å². The van der Waals surface area contributed by atoms with Gasteiger partial charge in [-0.1, -0.05) is 29.4 Å². The number of nitrogens with one attached hydrogen (secondary N) is 1. The Morgan fingerprint density at radius 2 is 2.15 bits per heavy atom. The van der Waals surface area contributed by atoms with Gasteiger partial charge in [0.05, 0.1) is 12.1 Å². The molecule has 6 nitrogen and oxygen atoms in total. The minimum Gasteiger partial charge on any atom is -0.444 e. The lowest BCUT2D eigenvalue weighted by Gasteiger charge is -2.23. The smallest absolute Gasteiger partial charge is 0.408 e. The Morgan fingerprint density at radius 3 is 2.80 bits per heavy atom. The van der Waals surface area contributed by atoms with Gasteiger partial charge in [-0.2, -0.15) is 0 Å². The van der Waals surface area contributed by atoms with Crippen molar-refractivity contribution in [3.63, 3.8) is 0 Å². The second-order valence-corrected chi connectivity index (χ2v) is 5.80. The molecular weight excluding hydrogens is 256 g/mol. The van der Waals surface area contributed by atoms with Crippen LogP contribution in [-0.4, -0.2) is 17.7 Å². The summed E-state index contributed by atoms with van der Waals surface area (Å²) in [4.78, 5) is 14.8. The molecule has 1 aliphatic rings. The Morgan fingerprint density at radius 1 is 1.45 bits per heavy atom. The SMILES string of the molecule is CC(C)(C)OC(=O)N[C@@H]1c2ccccc2C[C@@H]1N=[N+]=[N-]. The van der Waals surface area contributed by atoms with E-state index >= 15 is 0 Å². The molecule has 0 saturated heterocycles. The van der Waals surface area contributed by atoms with Crippen LogP contribution in [0.4, 0.5) is 4.79 Å². The summed E-state index contributed by atoms with van der Waals surface area (Å²) in [6.07, 6.45) is 0.123. The molecule has 1 amide bonds. The highest BCUT2D eigenvalue weighted by molar-refractivity contribution is 5.69. The molecule has 0 heterocycles. The normalized spacial score (nSPS) is 20.8. The third-order valence-corrected chi connectivity index (χ3v) is 3.08. The predicted molar refractivity (Wildman–Crippen MR) is 75.2 cm³/mol. The Labute approximate surface area is 117 Å². The molecule has 0 fully saturated rings. The molecule has 106 valence electrons. The predicted octanol–water partition coefficient (Wildman–Crippen LogP) is 3.49. The summed E-state index contributed by atoms with van der Waals surface area (Å²) in [5.74, 6) is 0. The molecule has 0 unspecified atom stereocenters. The summed E-state index contributed by atoms with van der Waals surface area (Å²) in [6.45, 7) is 5.42. The van der Waals surface area contributed by atoms with Gasteiger partial charge in [-0.3, -0.25) is 0 Å². The summed E-state index contributed by atoms with van der Waals surface area (Å²) in [5.41, 5.74) is 10.2. The monoisotopic (exact) mass is 274 g/mol. The minimum absolute atomic E-state index is 0.315. The van der Waals surface area contributed by atoms with E-state index in [1.54, 1.807) is 20.8 Å². The molecule has 2 rings (SSSR count). The lowest BCUT2D eigenvalue weighted by molar-refractivity contribution is 0.0499. The maximum atomic E-state index is 11.9. The standard InChI is InChI=1S/C14H18N4O2/c1-14(2,3)20-13(19)16-12-10-7-5-4-6-9(10)8-11(12)17-18-15/h4-7,11-12H,8H2,1-3H3,(H,16,19)/t11-,12+/m0/s1. The minimum atomic E-state index is -0.559. The van der Waals surface area contributed by atoms with Crippen LogP contribution in [0.3, 0.4) is 0 Å². The number of azide groups is 1. The molecule has 1 aromatic carbocycles. The van der Waals surface area contributed by atoms with Crippen molar-refractivity contribution < 1.29 is 9.53 Å². The molecule has 2 atom stereocenters. The largest absolute Gasteiger partial charge is 0.444 e. The van der Waals surface area contributed by atoms with Gasteiger partial charge in [0.2, 0.25) is 0 Å². The topological polar surface area (TPSA) is 87.1 Å². The number of carbonyl (C=O) groups excluding carboxylic acids is 1. The number of amides is 1. The van der Waals surface area contributed by atoms with Crippen LogP contribution in [0.15, 0.2) is 29.4 Å². The van der Waals surface area contributed by atoms with Gasteiger partial charge in [-0.25, -0.2) is 4.79 Å². The fourth-order valence-electron chi connectivity index (χ4n) is 2.36. The summed E-state index contributed by atoms with van der Waals surface area (Å²) in [5, 5.41) is 6.58. The van der Waals surface area contributed by atoms with Gasteiger partial charge >= 0.3 is 6.09 Å². The van der Waals surface area contributed by atoms with E-state index in [9.17, 15) is 4.79 Å². The van der Waals surface area contributed by atoms with Crippen LogP contribution in [0, 0.1) is 0 Å². The van der Waals surface area contributed by atoms with Crippen LogP contribution in [0.5, 0.6) is 0 Å². The van der Waals surface area contributed by atoms with Crippen molar-refractivity contribution in [3.8, 4) is 0 Å². The van der Waals surface area contributed by atoms with Crippen LogP contribution >= 0.6 is 0 Å². The van der Waals surface area contributed by atoms with Gasteiger partial charge in [0.1, 0.15) is 5.60 Å². The Balaban J connectivity index is 2.19. The third-order valence-electron chi connectivity index (χ3n) is 3.08. The fourth-order valence-corrected chi connectivity index (χ4v) is 2.36. The third kappa shape index (κ3) is 3.22. The summed E-state index contributed by atoms with van der Waals surface area (Å²) in [6, 6.07) is 7.10. The van der Waals surface area contributed by atoms with E-state index in [-0.39, 0.29) is 12.1 Å². The molecule has 0 radical (unpaired) electrons. The molecule has 20 heavy (non-hydrogen) atoms. The number of hydrogen-bond donors (Lipinski definition) is 1. The van der Waals surface area contributed by atoms with Crippen molar-refractivity contribution in [2.45, 2.75) is 44.9 Å². The molecule has 0 saturated carbocycles. The lowest BCUT2D eigenvalue weighted by atomic mass is 10.1. The van der Waals surface area contributed by atoms with Gasteiger partial charge in [-0.05, 0) is 43.9 Å². The first-order valence-corrected chi connectivity index (χ1v) is 6.52. The highest BCUT2D eigenvalue weighted by atomic mass is 16.6. The van der Waals surface area contributed by atoms with Gasteiger partial charge in [0, 0.05) is 4.91 Å². The zero-order valence-electron chi connectivity index (χ0n) is 11.8. The molecule has 0 aromatic heterocycles.